The lowest BCUT2D eigenvalue weighted by Crippen LogP contribution is -2.11. The van der Waals surface area contributed by atoms with Gasteiger partial charge >= 0.3 is 0 Å². The Hall–Kier alpha value is -1.61. The summed E-state index contributed by atoms with van der Waals surface area (Å²) in [6, 6.07) is 5.98. The third-order valence-electron chi connectivity index (χ3n) is 3.72. The summed E-state index contributed by atoms with van der Waals surface area (Å²) in [5.74, 6) is -1.37. The van der Waals surface area contributed by atoms with Crippen LogP contribution in [0.1, 0.15) is 35.2 Å². The predicted octanol–water partition coefficient (Wildman–Crippen LogP) is 5.72. The van der Waals surface area contributed by atoms with Gasteiger partial charge in [0, 0.05) is 12.1 Å². The fraction of sp³-hybridized carbons (Fsp3) is 0.294. The Morgan fingerprint density at radius 1 is 0.952 bits per heavy atom. The van der Waals surface area contributed by atoms with Gasteiger partial charge in [0.15, 0.2) is 5.82 Å². The van der Waals surface area contributed by atoms with Crippen molar-refractivity contribution in [3.8, 4) is 0 Å². The molecule has 1 nitrogen and oxygen atoms in total. The van der Waals surface area contributed by atoms with E-state index < -0.39 is 11.6 Å². The maximum absolute atomic E-state index is 13.8. The first-order valence-corrected chi connectivity index (χ1v) is 7.16. The van der Waals surface area contributed by atoms with Gasteiger partial charge in [-0.2, -0.15) is 0 Å². The van der Waals surface area contributed by atoms with Crippen molar-refractivity contribution in [2.75, 3.05) is 5.32 Å². The van der Waals surface area contributed by atoms with Crippen molar-refractivity contribution >= 4 is 17.3 Å². The van der Waals surface area contributed by atoms with Crippen LogP contribution in [-0.4, -0.2) is 0 Å². The van der Waals surface area contributed by atoms with Gasteiger partial charge in [0.2, 0.25) is 0 Å². The summed E-state index contributed by atoms with van der Waals surface area (Å²) in [6.45, 7) is 8.04. The number of benzene rings is 2. The van der Waals surface area contributed by atoms with Crippen molar-refractivity contribution in [1.82, 2.24) is 0 Å². The van der Waals surface area contributed by atoms with Crippen molar-refractivity contribution in [2.45, 2.75) is 33.7 Å². The molecule has 1 N–H and O–H groups in total. The number of aryl methyl sites for hydroxylation is 3. The third-order valence-corrected chi connectivity index (χ3v) is 4.01. The van der Waals surface area contributed by atoms with Crippen molar-refractivity contribution < 1.29 is 8.78 Å². The van der Waals surface area contributed by atoms with Crippen LogP contribution in [-0.2, 0) is 0 Å². The molecular formula is C17H18ClF2N. The van der Waals surface area contributed by atoms with Crippen LogP contribution in [0.2, 0.25) is 5.02 Å². The van der Waals surface area contributed by atoms with Crippen LogP contribution in [0.3, 0.4) is 0 Å². The molecule has 1 unspecified atom stereocenters. The predicted molar refractivity (Wildman–Crippen MR) is 84.1 cm³/mol. The SMILES string of the molecule is Cc1cc(C)c(C(C)Nc2c(F)cc(F)cc2Cl)cc1C. The van der Waals surface area contributed by atoms with Crippen molar-refractivity contribution in [3.63, 3.8) is 0 Å². The molecule has 112 valence electrons. The number of nitrogens with one attached hydrogen (secondary N) is 1. The molecule has 2 aromatic carbocycles. The lowest BCUT2D eigenvalue weighted by Gasteiger charge is -2.20. The van der Waals surface area contributed by atoms with Crippen LogP contribution in [0.15, 0.2) is 24.3 Å². The topological polar surface area (TPSA) is 12.0 Å². The maximum Gasteiger partial charge on any atom is 0.150 e. The molecule has 0 saturated heterocycles. The van der Waals surface area contributed by atoms with Gasteiger partial charge in [-0.1, -0.05) is 23.7 Å². The van der Waals surface area contributed by atoms with Crippen LogP contribution >= 0.6 is 11.6 Å². The van der Waals surface area contributed by atoms with Crippen LogP contribution in [0.4, 0.5) is 14.5 Å². The van der Waals surface area contributed by atoms with Gasteiger partial charge in [-0.15, -0.1) is 0 Å². The minimum atomic E-state index is -0.687. The summed E-state index contributed by atoms with van der Waals surface area (Å²) < 4.78 is 26.9. The van der Waals surface area contributed by atoms with E-state index >= 15 is 0 Å². The van der Waals surface area contributed by atoms with E-state index in [9.17, 15) is 8.78 Å². The second kappa shape index (κ2) is 6.02. The zero-order chi connectivity index (χ0) is 15.7. The van der Waals surface area contributed by atoms with E-state index in [1.54, 1.807) is 0 Å². The molecule has 0 aliphatic rings. The monoisotopic (exact) mass is 309 g/mol. The molecule has 0 heterocycles. The molecule has 2 aromatic rings. The Morgan fingerprint density at radius 2 is 1.57 bits per heavy atom. The molecule has 2 rings (SSSR count). The Morgan fingerprint density at radius 3 is 2.19 bits per heavy atom. The molecule has 0 saturated carbocycles. The van der Waals surface area contributed by atoms with E-state index in [-0.39, 0.29) is 16.8 Å². The molecule has 0 radical (unpaired) electrons. The summed E-state index contributed by atoms with van der Waals surface area (Å²) in [5.41, 5.74) is 4.71. The lowest BCUT2D eigenvalue weighted by atomic mass is 9.96. The van der Waals surface area contributed by atoms with E-state index in [1.165, 1.54) is 11.1 Å². The first kappa shape index (κ1) is 15.8. The number of halogens is 3. The molecular weight excluding hydrogens is 292 g/mol. The summed E-state index contributed by atoms with van der Waals surface area (Å²) in [4.78, 5) is 0. The van der Waals surface area contributed by atoms with Gasteiger partial charge in [-0.05, 0) is 56.0 Å². The standard InChI is InChI=1S/C17H18ClF2N/c1-9-5-11(3)14(6-10(9)2)12(4)21-17-15(18)7-13(19)8-16(17)20/h5-8,12,21H,1-4H3. The summed E-state index contributed by atoms with van der Waals surface area (Å²) in [7, 11) is 0. The van der Waals surface area contributed by atoms with Gasteiger partial charge in [0.25, 0.3) is 0 Å². The molecule has 0 spiro atoms. The summed E-state index contributed by atoms with van der Waals surface area (Å²) in [5, 5.41) is 3.08. The van der Waals surface area contributed by atoms with Gasteiger partial charge in [0.05, 0.1) is 10.7 Å². The van der Waals surface area contributed by atoms with Crippen LogP contribution in [0.5, 0.6) is 0 Å². The summed E-state index contributed by atoms with van der Waals surface area (Å²) >= 11 is 5.92. The molecule has 0 fully saturated rings. The highest BCUT2D eigenvalue weighted by molar-refractivity contribution is 6.33. The maximum atomic E-state index is 13.8. The van der Waals surface area contributed by atoms with Crippen LogP contribution in [0.25, 0.3) is 0 Å². The van der Waals surface area contributed by atoms with E-state index in [0.29, 0.717) is 0 Å². The highest BCUT2D eigenvalue weighted by Gasteiger charge is 2.15. The Balaban J connectivity index is 2.35. The van der Waals surface area contributed by atoms with E-state index in [2.05, 4.69) is 24.4 Å². The zero-order valence-corrected chi connectivity index (χ0v) is 13.3. The fourth-order valence-electron chi connectivity index (χ4n) is 2.42. The number of hydrogen-bond acceptors (Lipinski definition) is 1. The molecule has 0 aliphatic heterocycles. The quantitative estimate of drug-likeness (QED) is 0.765. The van der Waals surface area contributed by atoms with Gasteiger partial charge in [-0.25, -0.2) is 8.78 Å². The van der Waals surface area contributed by atoms with Crippen molar-refractivity contribution in [3.05, 3.63) is 63.2 Å². The second-order valence-corrected chi connectivity index (χ2v) is 5.81. The van der Waals surface area contributed by atoms with Gasteiger partial charge in [0.1, 0.15) is 5.82 Å². The average molecular weight is 310 g/mol. The van der Waals surface area contributed by atoms with E-state index in [1.807, 2.05) is 20.8 Å². The smallest absolute Gasteiger partial charge is 0.150 e. The lowest BCUT2D eigenvalue weighted by molar-refractivity contribution is 0.584. The molecule has 0 amide bonds. The number of anilines is 1. The molecule has 1 atom stereocenters. The highest BCUT2D eigenvalue weighted by Crippen LogP contribution is 2.31. The molecule has 4 heteroatoms. The highest BCUT2D eigenvalue weighted by atomic mass is 35.5. The Labute approximate surface area is 128 Å². The molecule has 21 heavy (non-hydrogen) atoms. The molecule has 0 aromatic heterocycles. The largest absolute Gasteiger partial charge is 0.375 e. The van der Waals surface area contributed by atoms with E-state index in [4.69, 9.17) is 11.6 Å². The first-order valence-electron chi connectivity index (χ1n) is 6.78. The average Bonchev–Trinajstić information content (AvgIpc) is 2.37. The Kier molecular flexibility index (Phi) is 4.52. The number of rotatable bonds is 3. The van der Waals surface area contributed by atoms with Crippen LogP contribution in [0, 0.1) is 32.4 Å². The fourth-order valence-corrected chi connectivity index (χ4v) is 2.67. The molecule has 0 aliphatic carbocycles. The van der Waals surface area contributed by atoms with E-state index in [0.717, 1.165) is 23.3 Å². The van der Waals surface area contributed by atoms with Crippen molar-refractivity contribution in [1.29, 1.82) is 0 Å². The Bertz CT molecular complexity index is 660. The summed E-state index contributed by atoms with van der Waals surface area (Å²) in [6.07, 6.45) is 0. The number of hydrogen-bond donors (Lipinski definition) is 1. The third kappa shape index (κ3) is 3.35. The first-order chi connectivity index (χ1) is 9.79. The second-order valence-electron chi connectivity index (χ2n) is 5.40. The van der Waals surface area contributed by atoms with Crippen LogP contribution < -0.4 is 5.32 Å². The van der Waals surface area contributed by atoms with Gasteiger partial charge in [-0.3, -0.25) is 0 Å². The molecule has 0 bridgehead atoms. The minimum absolute atomic E-state index is 0.0424. The minimum Gasteiger partial charge on any atom is -0.375 e. The van der Waals surface area contributed by atoms with Gasteiger partial charge < -0.3 is 5.32 Å². The van der Waals surface area contributed by atoms with Crippen molar-refractivity contribution in [2.24, 2.45) is 0 Å². The normalized spacial score (nSPS) is 12.3. The zero-order valence-electron chi connectivity index (χ0n) is 12.5.